The molecule has 1 fully saturated rings. The molecule has 1 aliphatic rings. The van der Waals surface area contributed by atoms with Gasteiger partial charge in [-0.2, -0.15) is 0 Å². The van der Waals surface area contributed by atoms with Crippen molar-refractivity contribution in [3.05, 3.63) is 47.5 Å². The Bertz CT molecular complexity index is 489. The van der Waals surface area contributed by atoms with Crippen LogP contribution in [0.5, 0.6) is 0 Å². The Morgan fingerprint density at radius 1 is 1.20 bits per heavy atom. The highest BCUT2D eigenvalue weighted by molar-refractivity contribution is 5.88. The number of benzene rings is 1. The van der Waals surface area contributed by atoms with Gasteiger partial charge in [0.15, 0.2) is 0 Å². The molecule has 0 spiro atoms. The fourth-order valence-corrected chi connectivity index (χ4v) is 2.86. The van der Waals surface area contributed by atoms with Gasteiger partial charge in [0.25, 0.3) is 0 Å². The Morgan fingerprint density at radius 3 is 2.40 bits per heavy atom. The maximum atomic E-state index is 12.2. The topological polar surface area (TPSA) is 23.6 Å². The van der Waals surface area contributed by atoms with Crippen LogP contribution in [0.1, 0.15) is 25.3 Å². The molecule has 1 aromatic carbocycles. The first kappa shape index (κ1) is 14.8. The Labute approximate surface area is 121 Å². The van der Waals surface area contributed by atoms with E-state index in [1.54, 1.807) is 6.08 Å². The van der Waals surface area contributed by atoms with Crippen molar-refractivity contribution in [3.8, 4) is 0 Å². The van der Waals surface area contributed by atoms with Crippen LogP contribution >= 0.6 is 0 Å². The van der Waals surface area contributed by atoms with E-state index >= 15 is 0 Å². The summed E-state index contributed by atoms with van der Waals surface area (Å²) in [4.78, 5) is 16.4. The maximum Gasteiger partial charge on any atom is 0.246 e. The standard InChI is InChI=1S/C17H24N2O/c1-13(2)10-17(20)19-11-15(16(12-19)18(3)4)14-8-6-5-7-9-14/h5-10,15-16H,11-12H2,1-4H3/t15-,16+/m0/s1. The Morgan fingerprint density at radius 2 is 1.85 bits per heavy atom. The molecule has 20 heavy (non-hydrogen) atoms. The normalized spacial score (nSPS) is 22.1. The van der Waals surface area contributed by atoms with Gasteiger partial charge in [-0.15, -0.1) is 0 Å². The molecule has 2 atom stereocenters. The second-order valence-corrected chi connectivity index (χ2v) is 6.01. The predicted molar refractivity (Wildman–Crippen MR) is 82.7 cm³/mol. The van der Waals surface area contributed by atoms with Crippen LogP contribution in [-0.2, 0) is 4.79 Å². The summed E-state index contributed by atoms with van der Waals surface area (Å²) in [6.07, 6.45) is 1.74. The minimum Gasteiger partial charge on any atom is -0.337 e. The van der Waals surface area contributed by atoms with Gasteiger partial charge < -0.3 is 9.80 Å². The summed E-state index contributed by atoms with van der Waals surface area (Å²) in [5.41, 5.74) is 2.37. The summed E-state index contributed by atoms with van der Waals surface area (Å²) in [6, 6.07) is 10.9. The summed E-state index contributed by atoms with van der Waals surface area (Å²) in [5.74, 6) is 0.524. The lowest BCUT2D eigenvalue weighted by Crippen LogP contribution is -2.35. The van der Waals surface area contributed by atoms with E-state index in [1.165, 1.54) is 5.56 Å². The molecule has 108 valence electrons. The molecule has 1 aliphatic heterocycles. The van der Waals surface area contributed by atoms with E-state index in [0.717, 1.165) is 18.7 Å². The lowest BCUT2D eigenvalue weighted by molar-refractivity contribution is -0.125. The Balaban J connectivity index is 2.20. The van der Waals surface area contributed by atoms with E-state index in [1.807, 2.05) is 24.8 Å². The zero-order valence-corrected chi connectivity index (χ0v) is 12.8. The SMILES string of the molecule is CC(C)=CC(=O)N1C[C@@H](N(C)C)[C@H](c2ccccc2)C1. The molecule has 3 nitrogen and oxygen atoms in total. The number of amides is 1. The van der Waals surface area contributed by atoms with E-state index in [-0.39, 0.29) is 5.91 Å². The summed E-state index contributed by atoms with van der Waals surface area (Å²) < 4.78 is 0. The molecule has 0 unspecified atom stereocenters. The molecule has 1 saturated heterocycles. The van der Waals surface area contributed by atoms with Crippen LogP contribution in [0.3, 0.4) is 0 Å². The molecule has 1 amide bonds. The summed E-state index contributed by atoms with van der Waals surface area (Å²) >= 11 is 0. The summed E-state index contributed by atoms with van der Waals surface area (Å²) in [6.45, 7) is 5.53. The number of rotatable bonds is 3. The van der Waals surface area contributed by atoms with Crippen molar-refractivity contribution >= 4 is 5.91 Å². The van der Waals surface area contributed by atoms with Crippen LogP contribution in [0.15, 0.2) is 42.0 Å². The van der Waals surface area contributed by atoms with Crippen molar-refractivity contribution in [2.24, 2.45) is 0 Å². The number of likely N-dealkylation sites (N-methyl/N-ethyl adjacent to an activating group) is 1. The van der Waals surface area contributed by atoms with Crippen molar-refractivity contribution in [2.75, 3.05) is 27.2 Å². The quantitative estimate of drug-likeness (QED) is 0.789. The largest absolute Gasteiger partial charge is 0.337 e. The summed E-state index contributed by atoms with van der Waals surface area (Å²) in [5, 5.41) is 0. The number of likely N-dealkylation sites (tertiary alicyclic amines) is 1. The molecule has 3 heteroatoms. The van der Waals surface area contributed by atoms with Crippen LogP contribution in [0, 0.1) is 0 Å². The third-order valence-electron chi connectivity index (χ3n) is 3.90. The molecule has 0 radical (unpaired) electrons. The van der Waals surface area contributed by atoms with E-state index in [4.69, 9.17) is 0 Å². The van der Waals surface area contributed by atoms with Gasteiger partial charge in [0.05, 0.1) is 0 Å². The molecule has 0 aromatic heterocycles. The van der Waals surface area contributed by atoms with Gasteiger partial charge in [-0.05, 0) is 33.5 Å². The number of allylic oxidation sites excluding steroid dienone is 1. The second-order valence-electron chi connectivity index (χ2n) is 6.01. The minimum absolute atomic E-state index is 0.135. The van der Waals surface area contributed by atoms with Crippen LogP contribution in [-0.4, -0.2) is 48.9 Å². The predicted octanol–water partition coefficient (Wildman–Crippen LogP) is 2.51. The third kappa shape index (κ3) is 3.28. The zero-order chi connectivity index (χ0) is 14.7. The fourth-order valence-electron chi connectivity index (χ4n) is 2.86. The molecule has 1 heterocycles. The zero-order valence-electron chi connectivity index (χ0n) is 12.8. The fraction of sp³-hybridized carbons (Fsp3) is 0.471. The number of carbonyl (C=O) groups excluding carboxylic acids is 1. The van der Waals surface area contributed by atoms with Crippen molar-refractivity contribution in [1.82, 2.24) is 9.80 Å². The van der Waals surface area contributed by atoms with Crippen LogP contribution in [0.4, 0.5) is 0 Å². The average molecular weight is 272 g/mol. The van der Waals surface area contributed by atoms with Crippen LogP contribution < -0.4 is 0 Å². The van der Waals surface area contributed by atoms with Crippen molar-refractivity contribution in [2.45, 2.75) is 25.8 Å². The molecule has 0 saturated carbocycles. The van der Waals surface area contributed by atoms with Gasteiger partial charge in [0.1, 0.15) is 0 Å². The van der Waals surface area contributed by atoms with E-state index in [0.29, 0.717) is 12.0 Å². The highest BCUT2D eigenvalue weighted by Crippen LogP contribution is 2.30. The van der Waals surface area contributed by atoms with E-state index < -0.39 is 0 Å². The van der Waals surface area contributed by atoms with Crippen LogP contribution in [0.2, 0.25) is 0 Å². The number of hydrogen-bond donors (Lipinski definition) is 0. The first-order valence-electron chi connectivity index (χ1n) is 7.14. The molecule has 1 aromatic rings. The number of carbonyl (C=O) groups is 1. The first-order chi connectivity index (χ1) is 9.49. The van der Waals surface area contributed by atoms with E-state index in [9.17, 15) is 4.79 Å². The summed E-state index contributed by atoms with van der Waals surface area (Å²) in [7, 11) is 4.19. The Kier molecular flexibility index (Phi) is 4.61. The van der Waals surface area contributed by atoms with Gasteiger partial charge in [-0.25, -0.2) is 0 Å². The number of hydrogen-bond acceptors (Lipinski definition) is 2. The lowest BCUT2D eigenvalue weighted by Gasteiger charge is -2.25. The monoisotopic (exact) mass is 272 g/mol. The molecular formula is C17H24N2O. The van der Waals surface area contributed by atoms with E-state index in [2.05, 4.69) is 43.3 Å². The lowest BCUT2D eigenvalue weighted by atomic mass is 9.94. The third-order valence-corrected chi connectivity index (χ3v) is 3.90. The Hall–Kier alpha value is -1.61. The van der Waals surface area contributed by atoms with Gasteiger partial charge in [-0.1, -0.05) is 35.9 Å². The minimum atomic E-state index is 0.135. The molecule has 0 N–H and O–H groups in total. The second kappa shape index (κ2) is 6.23. The average Bonchev–Trinajstić information content (AvgIpc) is 2.84. The van der Waals surface area contributed by atoms with Gasteiger partial charge >= 0.3 is 0 Å². The molecular weight excluding hydrogens is 248 g/mol. The maximum absolute atomic E-state index is 12.2. The molecule has 2 rings (SSSR count). The van der Waals surface area contributed by atoms with Gasteiger partial charge in [-0.3, -0.25) is 4.79 Å². The van der Waals surface area contributed by atoms with Gasteiger partial charge in [0, 0.05) is 31.1 Å². The van der Waals surface area contributed by atoms with Crippen LogP contribution in [0.25, 0.3) is 0 Å². The van der Waals surface area contributed by atoms with Gasteiger partial charge in [0.2, 0.25) is 5.91 Å². The highest BCUT2D eigenvalue weighted by Gasteiger charge is 2.36. The molecule has 0 bridgehead atoms. The molecule has 0 aliphatic carbocycles. The number of nitrogens with zero attached hydrogens (tertiary/aromatic N) is 2. The smallest absolute Gasteiger partial charge is 0.246 e. The first-order valence-corrected chi connectivity index (χ1v) is 7.14. The van der Waals surface area contributed by atoms with Crippen molar-refractivity contribution in [1.29, 1.82) is 0 Å². The van der Waals surface area contributed by atoms with Crippen molar-refractivity contribution < 1.29 is 4.79 Å². The van der Waals surface area contributed by atoms with Crippen molar-refractivity contribution in [3.63, 3.8) is 0 Å². The highest BCUT2D eigenvalue weighted by atomic mass is 16.2.